The maximum absolute atomic E-state index is 10.9. The molecular formula is C18H21NO3. The first kappa shape index (κ1) is 15.9. The molecule has 0 fully saturated rings. The predicted molar refractivity (Wildman–Crippen MR) is 87.7 cm³/mol. The van der Waals surface area contributed by atoms with Crippen LogP contribution in [0, 0.1) is 13.8 Å². The lowest BCUT2D eigenvalue weighted by atomic mass is 10.1. The normalized spacial score (nSPS) is 10.1. The topological polar surface area (TPSA) is 47.6 Å². The summed E-state index contributed by atoms with van der Waals surface area (Å²) in [7, 11) is 0. The van der Waals surface area contributed by atoms with E-state index in [0.29, 0.717) is 13.2 Å². The van der Waals surface area contributed by atoms with Gasteiger partial charge in [0.15, 0.2) is 0 Å². The molecule has 1 amide bonds. The van der Waals surface area contributed by atoms with Crippen molar-refractivity contribution < 1.29 is 14.3 Å². The quantitative estimate of drug-likeness (QED) is 0.827. The van der Waals surface area contributed by atoms with Gasteiger partial charge in [0.2, 0.25) is 5.91 Å². The summed E-state index contributed by atoms with van der Waals surface area (Å²) < 4.78 is 11.4. The van der Waals surface area contributed by atoms with Crippen LogP contribution in [-0.2, 0) is 4.79 Å². The lowest BCUT2D eigenvalue weighted by molar-refractivity contribution is -0.114. The number of nitrogens with one attached hydrogen (secondary N) is 1. The second-order valence-corrected chi connectivity index (χ2v) is 5.12. The lowest BCUT2D eigenvalue weighted by Crippen LogP contribution is -2.10. The largest absolute Gasteiger partial charge is 0.490 e. The minimum absolute atomic E-state index is 0.0873. The highest BCUT2D eigenvalue weighted by Crippen LogP contribution is 2.22. The molecule has 0 atom stereocenters. The highest BCUT2D eigenvalue weighted by Gasteiger charge is 2.03. The van der Waals surface area contributed by atoms with E-state index in [0.717, 1.165) is 28.3 Å². The van der Waals surface area contributed by atoms with Crippen LogP contribution < -0.4 is 14.8 Å². The Morgan fingerprint density at radius 1 is 0.955 bits per heavy atom. The Morgan fingerprint density at radius 3 is 2.14 bits per heavy atom. The molecule has 0 aliphatic carbocycles. The number of ether oxygens (including phenoxy) is 2. The van der Waals surface area contributed by atoms with Crippen molar-refractivity contribution in [3.05, 3.63) is 53.6 Å². The predicted octanol–water partition coefficient (Wildman–Crippen LogP) is 3.72. The van der Waals surface area contributed by atoms with Gasteiger partial charge >= 0.3 is 0 Å². The van der Waals surface area contributed by atoms with Crippen molar-refractivity contribution in [2.75, 3.05) is 18.5 Å². The number of amides is 1. The van der Waals surface area contributed by atoms with E-state index >= 15 is 0 Å². The minimum Gasteiger partial charge on any atom is -0.490 e. The smallest absolute Gasteiger partial charge is 0.221 e. The van der Waals surface area contributed by atoms with Crippen molar-refractivity contribution in [1.82, 2.24) is 0 Å². The van der Waals surface area contributed by atoms with Gasteiger partial charge in [0.25, 0.3) is 0 Å². The van der Waals surface area contributed by atoms with Crippen molar-refractivity contribution in [1.29, 1.82) is 0 Å². The standard InChI is InChI=1S/C18H21NO3/c1-13-5-4-6-14(2)18(13)22-12-11-21-17-9-7-16(8-10-17)19-15(3)20/h4-10H,11-12H2,1-3H3,(H,19,20). The van der Waals surface area contributed by atoms with Crippen LogP contribution >= 0.6 is 0 Å². The van der Waals surface area contributed by atoms with Crippen molar-refractivity contribution in [3.8, 4) is 11.5 Å². The van der Waals surface area contributed by atoms with Crippen LogP contribution in [0.5, 0.6) is 11.5 Å². The Hall–Kier alpha value is -2.49. The molecule has 0 radical (unpaired) electrons. The fourth-order valence-corrected chi connectivity index (χ4v) is 2.17. The third-order valence-electron chi connectivity index (χ3n) is 3.18. The molecule has 4 nitrogen and oxygen atoms in total. The van der Waals surface area contributed by atoms with Crippen LogP contribution in [0.4, 0.5) is 5.69 Å². The monoisotopic (exact) mass is 299 g/mol. The van der Waals surface area contributed by atoms with Crippen LogP contribution in [0.25, 0.3) is 0 Å². The SMILES string of the molecule is CC(=O)Nc1ccc(OCCOc2c(C)cccc2C)cc1. The fourth-order valence-electron chi connectivity index (χ4n) is 2.17. The molecule has 0 saturated heterocycles. The molecule has 1 N–H and O–H groups in total. The van der Waals surface area contributed by atoms with Crippen molar-refractivity contribution in [2.24, 2.45) is 0 Å². The summed E-state index contributed by atoms with van der Waals surface area (Å²) in [4.78, 5) is 10.9. The van der Waals surface area contributed by atoms with E-state index in [9.17, 15) is 4.79 Å². The summed E-state index contributed by atoms with van der Waals surface area (Å²) in [5.41, 5.74) is 3.01. The van der Waals surface area contributed by atoms with Gasteiger partial charge in [-0.15, -0.1) is 0 Å². The molecule has 0 unspecified atom stereocenters. The van der Waals surface area contributed by atoms with Crippen LogP contribution in [0.15, 0.2) is 42.5 Å². The Kier molecular flexibility index (Phi) is 5.42. The number of carbonyl (C=O) groups excluding carboxylic acids is 1. The summed E-state index contributed by atoms with van der Waals surface area (Å²) in [6, 6.07) is 13.3. The second-order valence-electron chi connectivity index (χ2n) is 5.12. The first-order valence-electron chi connectivity index (χ1n) is 7.26. The summed E-state index contributed by atoms with van der Waals surface area (Å²) in [5, 5.41) is 2.71. The molecular weight excluding hydrogens is 278 g/mol. The van der Waals surface area contributed by atoms with E-state index in [-0.39, 0.29) is 5.91 Å². The van der Waals surface area contributed by atoms with E-state index in [1.807, 2.05) is 56.3 Å². The molecule has 2 aromatic rings. The summed E-state index contributed by atoms with van der Waals surface area (Å²) in [6.07, 6.45) is 0. The number of para-hydroxylation sites is 1. The van der Waals surface area contributed by atoms with Gasteiger partial charge in [-0.2, -0.15) is 0 Å². The molecule has 0 aliphatic rings. The maximum atomic E-state index is 10.9. The molecule has 0 aliphatic heterocycles. The second kappa shape index (κ2) is 7.50. The number of aryl methyl sites for hydroxylation is 2. The van der Waals surface area contributed by atoms with E-state index in [1.165, 1.54) is 6.92 Å². The lowest BCUT2D eigenvalue weighted by Gasteiger charge is -2.12. The van der Waals surface area contributed by atoms with E-state index in [4.69, 9.17) is 9.47 Å². The van der Waals surface area contributed by atoms with Crippen LogP contribution in [0.3, 0.4) is 0 Å². The number of benzene rings is 2. The molecule has 2 aromatic carbocycles. The van der Waals surface area contributed by atoms with Crippen molar-refractivity contribution in [3.63, 3.8) is 0 Å². The average molecular weight is 299 g/mol. The van der Waals surface area contributed by atoms with Crippen molar-refractivity contribution >= 4 is 11.6 Å². The molecule has 0 heterocycles. The average Bonchev–Trinajstić information content (AvgIpc) is 2.47. The number of anilines is 1. The van der Waals surface area contributed by atoms with Gasteiger partial charge in [-0.05, 0) is 49.2 Å². The highest BCUT2D eigenvalue weighted by molar-refractivity contribution is 5.88. The molecule has 2 rings (SSSR count). The van der Waals surface area contributed by atoms with Crippen LogP contribution in [-0.4, -0.2) is 19.1 Å². The summed E-state index contributed by atoms with van der Waals surface area (Å²) in [5.74, 6) is 1.59. The Bertz CT molecular complexity index is 615. The molecule has 0 aromatic heterocycles. The van der Waals surface area contributed by atoms with Crippen LogP contribution in [0.1, 0.15) is 18.1 Å². The van der Waals surface area contributed by atoms with Gasteiger partial charge in [0.05, 0.1) is 0 Å². The van der Waals surface area contributed by atoms with Crippen molar-refractivity contribution in [2.45, 2.75) is 20.8 Å². The van der Waals surface area contributed by atoms with E-state index in [1.54, 1.807) is 0 Å². The number of hydrogen-bond donors (Lipinski definition) is 1. The van der Waals surface area contributed by atoms with Gasteiger partial charge in [0.1, 0.15) is 24.7 Å². The molecule has 116 valence electrons. The first-order chi connectivity index (χ1) is 10.6. The van der Waals surface area contributed by atoms with E-state index < -0.39 is 0 Å². The van der Waals surface area contributed by atoms with E-state index in [2.05, 4.69) is 5.32 Å². The Balaban J connectivity index is 1.80. The van der Waals surface area contributed by atoms with Gasteiger partial charge in [-0.25, -0.2) is 0 Å². The van der Waals surface area contributed by atoms with Gasteiger partial charge in [-0.1, -0.05) is 18.2 Å². The fraction of sp³-hybridized carbons (Fsp3) is 0.278. The molecule has 0 spiro atoms. The molecule has 0 saturated carbocycles. The third-order valence-corrected chi connectivity index (χ3v) is 3.18. The van der Waals surface area contributed by atoms with Gasteiger partial charge in [-0.3, -0.25) is 4.79 Å². The number of hydrogen-bond acceptors (Lipinski definition) is 3. The third kappa shape index (κ3) is 4.52. The molecule has 4 heteroatoms. The first-order valence-corrected chi connectivity index (χ1v) is 7.26. The Labute approximate surface area is 131 Å². The zero-order valence-electron chi connectivity index (χ0n) is 13.2. The highest BCUT2D eigenvalue weighted by atomic mass is 16.5. The summed E-state index contributed by atoms with van der Waals surface area (Å²) in [6.45, 7) is 6.50. The Morgan fingerprint density at radius 2 is 1.55 bits per heavy atom. The van der Waals surface area contributed by atoms with Gasteiger partial charge in [0, 0.05) is 12.6 Å². The number of rotatable bonds is 6. The zero-order chi connectivity index (χ0) is 15.9. The zero-order valence-corrected chi connectivity index (χ0v) is 13.2. The maximum Gasteiger partial charge on any atom is 0.221 e. The number of carbonyl (C=O) groups is 1. The summed E-state index contributed by atoms with van der Waals surface area (Å²) >= 11 is 0. The minimum atomic E-state index is -0.0873. The molecule has 0 bridgehead atoms. The molecule has 22 heavy (non-hydrogen) atoms. The van der Waals surface area contributed by atoms with Crippen LogP contribution in [0.2, 0.25) is 0 Å². The van der Waals surface area contributed by atoms with Gasteiger partial charge < -0.3 is 14.8 Å².